The van der Waals surface area contributed by atoms with Crippen LogP contribution in [0.1, 0.15) is 24.9 Å². The smallest absolute Gasteiger partial charge is 0.264 e. The minimum atomic E-state index is -0.200. The van der Waals surface area contributed by atoms with E-state index in [2.05, 4.69) is 15.4 Å². The Labute approximate surface area is 150 Å². The van der Waals surface area contributed by atoms with Crippen molar-refractivity contribution in [1.29, 1.82) is 0 Å². The van der Waals surface area contributed by atoms with E-state index in [-0.39, 0.29) is 30.5 Å². The van der Waals surface area contributed by atoms with Gasteiger partial charge in [-0.15, -0.1) is 0 Å². The van der Waals surface area contributed by atoms with Gasteiger partial charge < -0.3 is 10.1 Å². The first-order valence-corrected chi connectivity index (χ1v) is 8.30. The molecule has 0 saturated carbocycles. The third-order valence-electron chi connectivity index (χ3n) is 4.28. The molecule has 1 N–H and O–H groups in total. The number of carbonyl (C=O) groups excluding carboxylic acids is 1. The molecule has 136 valence electrons. The predicted octanol–water partition coefficient (Wildman–Crippen LogP) is 1.41. The zero-order valence-corrected chi connectivity index (χ0v) is 15.0. The molecule has 2 heterocycles. The molecule has 0 bridgehead atoms. The van der Waals surface area contributed by atoms with Gasteiger partial charge in [-0.2, -0.15) is 5.10 Å². The molecular weight excluding hydrogens is 334 g/mol. The van der Waals surface area contributed by atoms with Gasteiger partial charge in [0.2, 0.25) is 5.91 Å². The number of aryl methyl sites for hydroxylation is 2. The number of hydrogen-bond donors (Lipinski definition) is 1. The van der Waals surface area contributed by atoms with Gasteiger partial charge in [0.25, 0.3) is 5.56 Å². The highest BCUT2D eigenvalue weighted by molar-refractivity contribution is 5.76. The Morgan fingerprint density at radius 2 is 2.12 bits per heavy atom. The average Bonchev–Trinajstić information content (AvgIpc) is 3.03. The fourth-order valence-corrected chi connectivity index (χ4v) is 2.86. The Hall–Kier alpha value is -3.16. The number of nitrogens with zero attached hydrogens (tertiary/aromatic N) is 4. The Balaban J connectivity index is 1.66. The number of nitrogens with one attached hydrogen (secondary N) is 1. The number of ether oxygens (including phenoxy) is 1. The van der Waals surface area contributed by atoms with Crippen LogP contribution >= 0.6 is 0 Å². The summed E-state index contributed by atoms with van der Waals surface area (Å²) < 4.78 is 8.30. The number of fused-ring (bicyclic) bond motifs is 1. The zero-order chi connectivity index (χ0) is 18.7. The van der Waals surface area contributed by atoms with Crippen LogP contribution in [0.2, 0.25) is 0 Å². The van der Waals surface area contributed by atoms with E-state index >= 15 is 0 Å². The van der Waals surface area contributed by atoms with E-state index in [1.807, 2.05) is 31.2 Å². The Morgan fingerprint density at radius 3 is 2.88 bits per heavy atom. The maximum Gasteiger partial charge on any atom is 0.264 e. The van der Waals surface area contributed by atoms with Crippen LogP contribution in [0.4, 0.5) is 0 Å². The van der Waals surface area contributed by atoms with Crippen LogP contribution in [-0.4, -0.2) is 32.3 Å². The molecule has 1 amide bonds. The van der Waals surface area contributed by atoms with Gasteiger partial charge in [0.05, 0.1) is 25.7 Å². The molecule has 0 aliphatic carbocycles. The first-order chi connectivity index (χ1) is 12.5. The Kier molecular flexibility index (Phi) is 5.01. The summed E-state index contributed by atoms with van der Waals surface area (Å²) in [7, 11) is 3.33. The topological polar surface area (TPSA) is 91.0 Å². The number of methoxy groups -OCH3 is 1. The molecule has 0 fully saturated rings. The van der Waals surface area contributed by atoms with Crippen LogP contribution in [0.25, 0.3) is 11.0 Å². The average molecular weight is 355 g/mol. The molecule has 1 unspecified atom stereocenters. The normalized spacial score (nSPS) is 12.1. The van der Waals surface area contributed by atoms with E-state index in [0.717, 1.165) is 11.3 Å². The lowest BCUT2D eigenvalue weighted by Crippen LogP contribution is -2.29. The van der Waals surface area contributed by atoms with Gasteiger partial charge in [0.1, 0.15) is 11.1 Å². The van der Waals surface area contributed by atoms with Crippen LogP contribution in [-0.2, 0) is 18.4 Å². The summed E-state index contributed by atoms with van der Waals surface area (Å²) in [5.41, 5.74) is 1.23. The zero-order valence-electron chi connectivity index (χ0n) is 15.0. The summed E-state index contributed by atoms with van der Waals surface area (Å²) in [4.78, 5) is 28.9. The van der Waals surface area contributed by atoms with E-state index in [0.29, 0.717) is 11.0 Å². The molecule has 3 aromatic rings. The van der Waals surface area contributed by atoms with Gasteiger partial charge in [-0.1, -0.05) is 18.2 Å². The summed E-state index contributed by atoms with van der Waals surface area (Å²) in [6.45, 7) is 2.15. The maximum atomic E-state index is 12.4. The summed E-state index contributed by atoms with van der Waals surface area (Å²) in [6.07, 6.45) is 3.11. The van der Waals surface area contributed by atoms with Crippen molar-refractivity contribution >= 4 is 16.9 Å². The molecule has 0 radical (unpaired) electrons. The first-order valence-electron chi connectivity index (χ1n) is 8.30. The molecule has 1 atom stereocenters. The van der Waals surface area contributed by atoms with Crippen LogP contribution in [0.3, 0.4) is 0 Å². The molecule has 0 spiro atoms. The lowest BCUT2D eigenvalue weighted by atomic mass is 10.1. The summed E-state index contributed by atoms with van der Waals surface area (Å²) in [5.74, 6) is 0.573. The third-order valence-corrected chi connectivity index (χ3v) is 4.28. The molecule has 1 aromatic carbocycles. The maximum absolute atomic E-state index is 12.4. The molecule has 0 saturated heterocycles. The monoisotopic (exact) mass is 355 g/mol. The largest absolute Gasteiger partial charge is 0.496 e. The molecule has 8 heteroatoms. The highest BCUT2D eigenvalue weighted by Crippen LogP contribution is 2.24. The second-order valence-corrected chi connectivity index (χ2v) is 6.03. The van der Waals surface area contributed by atoms with Gasteiger partial charge in [-0.25, -0.2) is 4.98 Å². The fraction of sp³-hybridized carbons (Fsp3) is 0.333. The quantitative estimate of drug-likeness (QED) is 0.722. The number of amides is 1. The van der Waals surface area contributed by atoms with Crippen LogP contribution in [0, 0.1) is 0 Å². The van der Waals surface area contributed by atoms with Crippen molar-refractivity contribution in [3.05, 3.63) is 52.7 Å². The molecule has 2 aromatic heterocycles. The van der Waals surface area contributed by atoms with Crippen LogP contribution < -0.4 is 15.6 Å². The van der Waals surface area contributed by atoms with Crippen molar-refractivity contribution in [3.63, 3.8) is 0 Å². The second-order valence-electron chi connectivity index (χ2n) is 6.03. The highest BCUT2D eigenvalue weighted by Gasteiger charge is 2.14. The fourth-order valence-electron chi connectivity index (χ4n) is 2.86. The Morgan fingerprint density at radius 1 is 1.35 bits per heavy atom. The van der Waals surface area contributed by atoms with Crippen molar-refractivity contribution in [1.82, 2.24) is 24.6 Å². The molecule has 26 heavy (non-hydrogen) atoms. The van der Waals surface area contributed by atoms with E-state index in [9.17, 15) is 9.59 Å². The van der Waals surface area contributed by atoms with Crippen molar-refractivity contribution in [2.75, 3.05) is 7.11 Å². The lowest BCUT2D eigenvalue weighted by molar-refractivity contribution is -0.122. The number of aromatic nitrogens is 4. The van der Waals surface area contributed by atoms with Crippen molar-refractivity contribution < 1.29 is 9.53 Å². The van der Waals surface area contributed by atoms with Crippen molar-refractivity contribution in [2.24, 2.45) is 7.05 Å². The van der Waals surface area contributed by atoms with Gasteiger partial charge in [-0.05, 0) is 13.0 Å². The molecule has 3 rings (SSSR count). The lowest BCUT2D eigenvalue weighted by Gasteiger charge is -2.17. The SMILES string of the molecule is COc1ccccc1C(C)NC(=O)CCn1cnc2c(cnn2C)c1=O. The number of para-hydroxylation sites is 1. The number of rotatable bonds is 6. The molecule has 0 aliphatic rings. The summed E-state index contributed by atoms with van der Waals surface area (Å²) in [5, 5.41) is 7.40. The van der Waals surface area contributed by atoms with Gasteiger partial charge in [0.15, 0.2) is 5.65 Å². The summed E-state index contributed by atoms with van der Waals surface area (Å²) in [6, 6.07) is 7.34. The van der Waals surface area contributed by atoms with E-state index in [4.69, 9.17) is 4.74 Å². The van der Waals surface area contributed by atoms with Crippen LogP contribution in [0.5, 0.6) is 5.75 Å². The highest BCUT2D eigenvalue weighted by atomic mass is 16.5. The minimum Gasteiger partial charge on any atom is -0.496 e. The predicted molar refractivity (Wildman–Crippen MR) is 96.9 cm³/mol. The molecular formula is C18H21N5O3. The van der Waals surface area contributed by atoms with Crippen molar-refractivity contribution in [2.45, 2.75) is 25.9 Å². The number of carbonyl (C=O) groups is 1. The van der Waals surface area contributed by atoms with E-state index < -0.39 is 0 Å². The number of benzene rings is 1. The second kappa shape index (κ2) is 7.38. The van der Waals surface area contributed by atoms with E-state index in [1.54, 1.807) is 18.8 Å². The number of hydrogen-bond acceptors (Lipinski definition) is 5. The van der Waals surface area contributed by atoms with Gasteiger partial charge in [0, 0.05) is 25.6 Å². The summed E-state index contributed by atoms with van der Waals surface area (Å²) >= 11 is 0. The first kappa shape index (κ1) is 17.7. The van der Waals surface area contributed by atoms with Gasteiger partial charge >= 0.3 is 0 Å². The van der Waals surface area contributed by atoms with Crippen molar-refractivity contribution in [3.8, 4) is 5.75 Å². The van der Waals surface area contributed by atoms with Crippen LogP contribution in [0.15, 0.2) is 41.6 Å². The third kappa shape index (κ3) is 3.44. The minimum absolute atomic E-state index is 0.151. The van der Waals surface area contributed by atoms with E-state index in [1.165, 1.54) is 17.1 Å². The Bertz CT molecular complexity index is 992. The molecule has 0 aliphatic heterocycles. The van der Waals surface area contributed by atoms with Gasteiger partial charge in [-0.3, -0.25) is 18.8 Å². The standard InChI is InChI=1S/C18H21N5O3/c1-12(13-6-4-5-7-15(13)26-3)21-16(24)8-9-23-11-19-17-14(18(23)25)10-20-22(17)2/h4-7,10-12H,8-9H2,1-3H3,(H,21,24). The molecule has 8 nitrogen and oxygen atoms in total.